The second-order valence-corrected chi connectivity index (χ2v) is 7.28. The summed E-state index contributed by atoms with van der Waals surface area (Å²) in [6, 6.07) is 23.8. The summed E-state index contributed by atoms with van der Waals surface area (Å²) in [5, 5.41) is 10.4. The van der Waals surface area contributed by atoms with Crippen LogP contribution in [0.2, 0.25) is 0 Å². The van der Waals surface area contributed by atoms with Crippen molar-refractivity contribution in [3.05, 3.63) is 90.0 Å². The van der Waals surface area contributed by atoms with E-state index >= 15 is 0 Å². The first-order chi connectivity index (χ1) is 12.7. The highest BCUT2D eigenvalue weighted by molar-refractivity contribution is 5.47. The van der Waals surface area contributed by atoms with Crippen LogP contribution >= 0.6 is 0 Å². The van der Waals surface area contributed by atoms with Crippen LogP contribution in [0, 0.1) is 24.2 Å². The number of hydrogen-bond acceptors (Lipinski definition) is 2. The highest BCUT2D eigenvalue weighted by Crippen LogP contribution is 2.49. The molecule has 3 heteroatoms. The van der Waals surface area contributed by atoms with E-state index < -0.39 is 5.41 Å². The predicted molar refractivity (Wildman–Crippen MR) is 103 cm³/mol. The molecule has 1 heterocycles. The fourth-order valence-corrected chi connectivity index (χ4v) is 4.52. The molecule has 0 aliphatic heterocycles. The van der Waals surface area contributed by atoms with Crippen LogP contribution < -0.4 is 0 Å². The van der Waals surface area contributed by atoms with Gasteiger partial charge in [0.25, 0.3) is 0 Å². The van der Waals surface area contributed by atoms with E-state index in [4.69, 9.17) is 0 Å². The van der Waals surface area contributed by atoms with Crippen LogP contribution in [0.3, 0.4) is 0 Å². The number of hydrogen-bond donors (Lipinski definition) is 0. The monoisotopic (exact) mass is 341 g/mol. The Balaban J connectivity index is 1.76. The molecule has 0 N–H and O–H groups in total. The van der Waals surface area contributed by atoms with Gasteiger partial charge in [-0.05, 0) is 43.2 Å². The summed E-state index contributed by atoms with van der Waals surface area (Å²) in [6.45, 7) is 2.02. The minimum Gasteiger partial charge on any atom is -0.334 e. The molecule has 0 radical (unpaired) electrons. The molecule has 3 aromatic rings. The molecule has 130 valence electrons. The molecule has 0 amide bonds. The van der Waals surface area contributed by atoms with Crippen molar-refractivity contribution >= 4 is 0 Å². The molecule has 0 unspecified atom stereocenters. The first-order valence-electron chi connectivity index (χ1n) is 9.26. The van der Waals surface area contributed by atoms with Gasteiger partial charge in [-0.2, -0.15) is 5.26 Å². The van der Waals surface area contributed by atoms with Gasteiger partial charge in [0.15, 0.2) is 0 Å². The Morgan fingerprint density at radius 3 is 2.12 bits per heavy atom. The molecule has 1 aromatic heterocycles. The maximum absolute atomic E-state index is 10.4. The summed E-state index contributed by atoms with van der Waals surface area (Å²) in [5.41, 5.74) is 2.64. The van der Waals surface area contributed by atoms with Crippen LogP contribution in [-0.2, 0) is 5.41 Å². The van der Waals surface area contributed by atoms with E-state index in [0.29, 0.717) is 6.04 Å². The molecule has 0 saturated heterocycles. The average Bonchev–Trinajstić information content (AvgIpc) is 3.34. The van der Waals surface area contributed by atoms with Gasteiger partial charge in [0.1, 0.15) is 5.41 Å². The first kappa shape index (κ1) is 16.6. The van der Waals surface area contributed by atoms with Crippen LogP contribution in [0.15, 0.2) is 73.2 Å². The van der Waals surface area contributed by atoms with Crippen LogP contribution in [0.4, 0.5) is 0 Å². The van der Waals surface area contributed by atoms with E-state index in [-0.39, 0.29) is 5.92 Å². The molecule has 2 atom stereocenters. The van der Waals surface area contributed by atoms with Crippen molar-refractivity contribution in [1.82, 2.24) is 9.55 Å². The zero-order valence-electron chi connectivity index (χ0n) is 15.0. The van der Waals surface area contributed by atoms with Crippen molar-refractivity contribution in [1.29, 1.82) is 5.26 Å². The number of aryl methyl sites for hydroxylation is 1. The maximum atomic E-state index is 10.4. The zero-order valence-corrected chi connectivity index (χ0v) is 15.0. The molecule has 1 fully saturated rings. The Morgan fingerprint density at radius 2 is 1.62 bits per heavy atom. The number of nitrogens with zero attached hydrogens (tertiary/aromatic N) is 3. The number of benzene rings is 2. The minimum atomic E-state index is -0.604. The van der Waals surface area contributed by atoms with Crippen LogP contribution in [0.25, 0.3) is 0 Å². The van der Waals surface area contributed by atoms with Gasteiger partial charge in [-0.3, -0.25) is 0 Å². The highest BCUT2D eigenvalue weighted by atomic mass is 15.1. The molecule has 2 aromatic carbocycles. The van der Waals surface area contributed by atoms with Crippen LogP contribution in [0.5, 0.6) is 0 Å². The van der Waals surface area contributed by atoms with E-state index in [9.17, 15) is 5.26 Å². The third-order valence-corrected chi connectivity index (χ3v) is 5.80. The van der Waals surface area contributed by atoms with Gasteiger partial charge in [-0.1, -0.05) is 60.7 Å². The summed E-state index contributed by atoms with van der Waals surface area (Å²) >= 11 is 0. The molecular formula is C23H23N3. The van der Waals surface area contributed by atoms with Gasteiger partial charge in [0.05, 0.1) is 18.1 Å². The fourth-order valence-electron chi connectivity index (χ4n) is 4.52. The van der Waals surface area contributed by atoms with Crippen LogP contribution in [-0.4, -0.2) is 9.55 Å². The summed E-state index contributed by atoms with van der Waals surface area (Å²) in [7, 11) is 0. The minimum absolute atomic E-state index is 0.282. The molecule has 26 heavy (non-hydrogen) atoms. The number of aromatic nitrogens is 2. The molecule has 1 saturated carbocycles. The lowest BCUT2D eigenvalue weighted by atomic mass is 9.66. The normalized spacial score (nSPS) is 20.0. The highest BCUT2D eigenvalue weighted by Gasteiger charge is 2.46. The third kappa shape index (κ3) is 2.72. The maximum Gasteiger partial charge on any atom is 0.110 e. The fraction of sp³-hybridized carbons (Fsp3) is 0.304. The number of imidazole rings is 1. The Labute approximate surface area is 154 Å². The van der Waals surface area contributed by atoms with E-state index in [1.807, 2.05) is 49.6 Å². The van der Waals surface area contributed by atoms with Gasteiger partial charge in [-0.15, -0.1) is 0 Å². The zero-order chi connectivity index (χ0) is 18.0. The Kier molecular flexibility index (Phi) is 4.34. The van der Waals surface area contributed by atoms with E-state index in [1.165, 1.54) is 0 Å². The second kappa shape index (κ2) is 6.80. The third-order valence-electron chi connectivity index (χ3n) is 5.80. The molecule has 1 aliphatic rings. The van der Waals surface area contributed by atoms with Crippen molar-refractivity contribution in [2.24, 2.45) is 5.92 Å². The van der Waals surface area contributed by atoms with Crippen molar-refractivity contribution < 1.29 is 0 Å². The average molecular weight is 341 g/mol. The Bertz CT molecular complexity index is 866. The van der Waals surface area contributed by atoms with Gasteiger partial charge in [0, 0.05) is 12.2 Å². The quantitative estimate of drug-likeness (QED) is 0.667. The Hall–Kier alpha value is -2.86. The molecule has 3 nitrogen and oxygen atoms in total. The van der Waals surface area contributed by atoms with Gasteiger partial charge < -0.3 is 4.57 Å². The van der Waals surface area contributed by atoms with Crippen molar-refractivity contribution in [2.75, 3.05) is 0 Å². The topological polar surface area (TPSA) is 41.6 Å². The lowest BCUT2D eigenvalue weighted by Crippen LogP contribution is -2.34. The molecular weight excluding hydrogens is 318 g/mol. The SMILES string of the molecule is Cc1cn([C@@H]2CC[C@H](C(C#N)(c3ccccc3)c3ccccc3)C2)cn1. The smallest absolute Gasteiger partial charge is 0.110 e. The molecule has 1 aliphatic carbocycles. The van der Waals surface area contributed by atoms with Crippen molar-refractivity contribution in [3.63, 3.8) is 0 Å². The summed E-state index contributed by atoms with van der Waals surface area (Å²) in [5.74, 6) is 0.282. The number of rotatable bonds is 4. The predicted octanol–water partition coefficient (Wildman–Crippen LogP) is 5.04. The van der Waals surface area contributed by atoms with Gasteiger partial charge in [0.2, 0.25) is 0 Å². The summed E-state index contributed by atoms with van der Waals surface area (Å²) in [6.07, 6.45) is 7.17. The first-order valence-corrected chi connectivity index (χ1v) is 9.26. The summed E-state index contributed by atoms with van der Waals surface area (Å²) in [4.78, 5) is 4.38. The molecule has 0 spiro atoms. The second-order valence-electron chi connectivity index (χ2n) is 7.28. The van der Waals surface area contributed by atoms with E-state index in [0.717, 1.165) is 36.1 Å². The van der Waals surface area contributed by atoms with Crippen molar-refractivity contribution in [2.45, 2.75) is 37.6 Å². The molecule has 4 rings (SSSR count). The van der Waals surface area contributed by atoms with Gasteiger partial charge >= 0.3 is 0 Å². The lowest BCUT2D eigenvalue weighted by Gasteiger charge is -2.34. The van der Waals surface area contributed by atoms with Gasteiger partial charge in [-0.25, -0.2) is 4.98 Å². The van der Waals surface area contributed by atoms with Crippen LogP contribution in [0.1, 0.15) is 42.1 Å². The Morgan fingerprint density at radius 1 is 1.00 bits per heavy atom. The van der Waals surface area contributed by atoms with Crippen molar-refractivity contribution in [3.8, 4) is 6.07 Å². The summed E-state index contributed by atoms with van der Waals surface area (Å²) < 4.78 is 2.23. The number of nitriles is 1. The van der Waals surface area contributed by atoms with E-state index in [2.05, 4.69) is 46.1 Å². The largest absolute Gasteiger partial charge is 0.334 e. The standard InChI is InChI=1S/C23H23N3/c1-18-15-26(17-25-18)22-13-12-21(14-22)23(16-24,19-8-4-2-5-9-19)20-10-6-3-7-11-20/h2-11,15,17,21-22H,12-14H2,1H3/t21-,22+/m0/s1. The van der Waals surface area contributed by atoms with E-state index in [1.54, 1.807) is 0 Å². The lowest BCUT2D eigenvalue weighted by molar-refractivity contribution is 0.381. The molecule has 0 bridgehead atoms.